The van der Waals surface area contributed by atoms with Gasteiger partial charge in [0.2, 0.25) is 10.0 Å². The average Bonchev–Trinajstić information content (AvgIpc) is 2.90. The highest BCUT2D eigenvalue weighted by molar-refractivity contribution is 7.88. The van der Waals surface area contributed by atoms with E-state index in [0.29, 0.717) is 38.9 Å². The summed E-state index contributed by atoms with van der Waals surface area (Å²) >= 11 is 6.13. The van der Waals surface area contributed by atoms with E-state index in [1.54, 1.807) is 42.5 Å². The summed E-state index contributed by atoms with van der Waals surface area (Å²) in [5.74, 6) is -0.501. The Morgan fingerprint density at radius 2 is 1.95 bits per heavy atom. The van der Waals surface area contributed by atoms with E-state index in [2.05, 4.69) is 10.2 Å². The molecule has 0 spiro atoms. The van der Waals surface area contributed by atoms with Crippen LogP contribution in [0.4, 0.5) is 4.39 Å². The molecule has 0 bridgehead atoms. The fraction of sp³-hybridized carbons (Fsp3) is 0.222. The lowest BCUT2D eigenvalue weighted by molar-refractivity contribution is 0.381. The third-order valence-electron chi connectivity index (χ3n) is 6.56. The van der Waals surface area contributed by atoms with E-state index in [4.69, 9.17) is 16.3 Å². The maximum Gasteiger partial charge on any atom is 0.255 e. The summed E-state index contributed by atoms with van der Waals surface area (Å²) in [5, 5.41) is 8.20. The van der Waals surface area contributed by atoms with E-state index < -0.39 is 15.8 Å². The van der Waals surface area contributed by atoms with Crippen molar-refractivity contribution in [2.45, 2.75) is 25.6 Å². The van der Waals surface area contributed by atoms with Crippen LogP contribution in [-0.2, 0) is 28.7 Å². The average molecular weight is 555 g/mol. The van der Waals surface area contributed by atoms with Gasteiger partial charge in [-0.15, -0.1) is 0 Å². The molecular formula is C27H24ClFN4O4S. The molecule has 1 aliphatic rings. The van der Waals surface area contributed by atoms with Crippen molar-refractivity contribution in [3.8, 4) is 22.6 Å². The molecule has 4 aromatic rings. The van der Waals surface area contributed by atoms with Gasteiger partial charge in [-0.3, -0.25) is 9.36 Å². The van der Waals surface area contributed by atoms with Crippen LogP contribution in [0.3, 0.4) is 0 Å². The number of ether oxygens (including phenoxy) is 1. The van der Waals surface area contributed by atoms with Gasteiger partial charge in [0.1, 0.15) is 17.3 Å². The second-order valence-corrected chi connectivity index (χ2v) is 11.4. The number of pyridine rings is 1. The lowest BCUT2D eigenvalue weighted by Gasteiger charge is -2.30. The Morgan fingerprint density at radius 3 is 2.66 bits per heavy atom. The number of sulfonamides is 1. The Balaban J connectivity index is 1.53. The quantitative estimate of drug-likeness (QED) is 0.353. The van der Waals surface area contributed by atoms with Crippen molar-refractivity contribution in [2.75, 3.05) is 13.7 Å². The fourth-order valence-corrected chi connectivity index (χ4v) is 6.17. The number of aromatic nitrogens is 3. The molecule has 1 aliphatic heterocycles. The van der Waals surface area contributed by atoms with Crippen molar-refractivity contribution in [3.63, 3.8) is 0 Å². The second-order valence-electron chi connectivity index (χ2n) is 9.00. The van der Waals surface area contributed by atoms with Crippen LogP contribution in [0.15, 0.2) is 65.6 Å². The number of methoxy groups -OCH3 is 1. The molecule has 2 aromatic carbocycles. The van der Waals surface area contributed by atoms with Crippen LogP contribution < -0.4 is 10.3 Å². The van der Waals surface area contributed by atoms with Crippen LogP contribution in [0.1, 0.15) is 22.5 Å². The van der Waals surface area contributed by atoms with Gasteiger partial charge < -0.3 is 4.74 Å². The maximum atomic E-state index is 15.5. The smallest absolute Gasteiger partial charge is 0.255 e. The van der Waals surface area contributed by atoms with Gasteiger partial charge in [-0.2, -0.15) is 14.5 Å². The molecule has 0 unspecified atom stereocenters. The zero-order valence-corrected chi connectivity index (χ0v) is 22.3. The Hall–Kier alpha value is -3.60. The van der Waals surface area contributed by atoms with Crippen LogP contribution in [-0.4, -0.2) is 41.1 Å². The minimum absolute atomic E-state index is 0.0745. The summed E-state index contributed by atoms with van der Waals surface area (Å²) in [6.45, 7) is 2.07. The number of nitrogens with zero attached hydrogens (tertiary/aromatic N) is 4. The van der Waals surface area contributed by atoms with Crippen molar-refractivity contribution in [1.29, 1.82) is 0 Å². The lowest BCUT2D eigenvalue weighted by Crippen LogP contribution is -2.39. The molecule has 11 heteroatoms. The van der Waals surface area contributed by atoms with Gasteiger partial charge in [-0.05, 0) is 53.9 Å². The zero-order chi connectivity index (χ0) is 27.0. The van der Waals surface area contributed by atoms with Gasteiger partial charge in [0.15, 0.2) is 0 Å². The monoisotopic (exact) mass is 554 g/mol. The van der Waals surface area contributed by atoms with Gasteiger partial charge >= 0.3 is 0 Å². The van der Waals surface area contributed by atoms with Crippen LogP contribution in [0.2, 0.25) is 5.02 Å². The number of fused-ring (bicyclic) bond motifs is 1. The van der Waals surface area contributed by atoms with Gasteiger partial charge in [-0.1, -0.05) is 23.7 Å². The summed E-state index contributed by atoms with van der Waals surface area (Å²) in [6, 6.07) is 14.2. The topological polar surface area (TPSA) is 94.4 Å². The van der Waals surface area contributed by atoms with E-state index in [1.807, 2.05) is 6.92 Å². The molecule has 2 aromatic heterocycles. The predicted molar refractivity (Wildman–Crippen MR) is 143 cm³/mol. The van der Waals surface area contributed by atoms with Crippen molar-refractivity contribution in [2.24, 2.45) is 0 Å². The van der Waals surface area contributed by atoms with E-state index >= 15 is 4.39 Å². The van der Waals surface area contributed by atoms with Gasteiger partial charge in [0.05, 0.1) is 18.5 Å². The molecular weight excluding hydrogens is 531 g/mol. The van der Waals surface area contributed by atoms with Gasteiger partial charge in [-0.25, -0.2) is 12.8 Å². The van der Waals surface area contributed by atoms with Crippen LogP contribution in [0, 0.1) is 12.7 Å². The van der Waals surface area contributed by atoms with E-state index in [-0.39, 0.29) is 36.5 Å². The van der Waals surface area contributed by atoms with Crippen LogP contribution in [0.5, 0.6) is 5.75 Å². The lowest BCUT2D eigenvalue weighted by atomic mass is 10.0. The highest BCUT2D eigenvalue weighted by atomic mass is 35.5. The molecule has 0 aliphatic carbocycles. The first-order chi connectivity index (χ1) is 18.2. The van der Waals surface area contributed by atoms with Crippen LogP contribution >= 0.6 is 11.6 Å². The summed E-state index contributed by atoms with van der Waals surface area (Å²) in [7, 11) is -2.23. The van der Waals surface area contributed by atoms with E-state index in [9.17, 15) is 13.2 Å². The van der Waals surface area contributed by atoms with E-state index in [0.717, 1.165) is 5.56 Å². The summed E-state index contributed by atoms with van der Waals surface area (Å²) in [4.78, 5) is 13.1. The molecule has 0 saturated carbocycles. The Bertz CT molecular complexity index is 1690. The van der Waals surface area contributed by atoms with Crippen molar-refractivity contribution < 1.29 is 17.5 Å². The molecule has 3 heterocycles. The van der Waals surface area contributed by atoms with E-state index in [1.165, 1.54) is 34.3 Å². The van der Waals surface area contributed by atoms with Crippen LogP contribution in [0.25, 0.3) is 16.8 Å². The molecule has 0 fully saturated rings. The van der Waals surface area contributed by atoms with Gasteiger partial charge in [0, 0.05) is 54.1 Å². The van der Waals surface area contributed by atoms with Crippen molar-refractivity contribution in [1.82, 2.24) is 19.1 Å². The number of rotatable bonds is 6. The van der Waals surface area contributed by atoms with Crippen molar-refractivity contribution in [3.05, 3.63) is 105 Å². The summed E-state index contributed by atoms with van der Waals surface area (Å²) < 4.78 is 49.9. The summed E-state index contributed by atoms with van der Waals surface area (Å²) in [6.07, 6.45) is 1.74. The standard InChI is InChI=1S/C27H24ClFN4O4S/c1-17-12-18(5-7-22(17)28)21-13-26(37-2)25(14-23(21)29)33-24-9-11-32(15-19(24)6-8-27(33)34)38(35,36)16-20-4-3-10-30-31-20/h3-8,10,12-14H,9,11,15-16H2,1-2H3. The molecule has 38 heavy (non-hydrogen) atoms. The summed E-state index contributed by atoms with van der Waals surface area (Å²) in [5.41, 5.74) is 3.22. The molecule has 0 radical (unpaired) electrons. The first-order valence-electron chi connectivity index (χ1n) is 11.8. The third-order valence-corrected chi connectivity index (χ3v) is 8.75. The molecule has 0 saturated heterocycles. The Morgan fingerprint density at radius 1 is 1.13 bits per heavy atom. The first kappa shape index (κ1) is 26.0. The predicted octanol–water partition coefficient (Wildman–Crippen LogP) is 4.29. The minimum Gasteiger partial charge on any atom is -0.495 e. The fourth-order valence-electron chi connectivity index (χ4n) is 4.64. The zero-order valence-electron chi connectivity index (χ0n) is 20.7. The Labute approximate surface area is 224 Å². The number of benzene rings is 2. The number of hydrogen-bond donors (Lipinski definition) is 0. The molecule has 0 N–H and O–H groups in total. The normalized spacial score (nSPS) is 13.8. The molecule has 0 atom stereocenters. The molecule has 5 rings (SSSR count). The third kappa shape index (κ3) is 4.94. The molecule has 196 valence electrons. The maximum absolute atomic E-state index is 15.5. The highest BCUT2D eigenvalue weighted by Gasteiger charge is 2.30. The van der Waals surface area contributed by atoms with Gasteiger partial charge in [0.25, 0.3) is 5.56 Å². The number of halogens is 2. The highest BCUT2D eigenvalue weighted by Crippen LogP contribution is 2.35. The SMILES string of the molecule is COc1cc(-c2ccc(Cl)c(C)c2)c(F)cc1-n1c2c(ccc1=O)CN(S(=O)(=O)Cc1cccnn1)CC2. The molecule has 0 amide bonds. The number of hydrogen-bond acceptors (Lipinski definition) is 6. The second kappa shape index (κ2) is 10.3. The minimum atomic E-state index is -3.68. The first-order valence-corrected chi connectivity index (χ1v) is 13.8. The Kier molecular flexibility index (Phi) is 7.04. The number of aryl methyl sites for hydroxylation is 1. The molecule has 8 nitrogen and oxygen atoms in total. The largest absolute Gasteiger partial charge is 0.495 e. The van der Waals surface area contributed by atoms with Crippen molar-refractivity contribution >= 4 is 21.6 Å².